The van der Waals surface area contributed by atoms with Gasteiger partial charge < -0.3 is 10.0 Å². The number of carboxylic acids is 1. The lowest BCUT2D eigenvalue weighted by molar-refractivity contribution is -0.141. The monoisotopic (exact) mass is 299 g/mol. The largest absolute Gasteiger partial charge is 0.481 e. The summed E-state index contributed by atoms with van der Waals surface area (Å²) < 4.78 is 1.75. The number of amides is 1. The molecular weight excluding hydrogens is 282 g/mol. The van der Waals surface area contributed by atoms with E-state index in [1.54, 1.807) is 22.8 Å². The summed E-state index contributed by atoms with van der Waals surface area (Å²) in [6.07, 6.45) is 4.04. The van der Waals surface area contributed by atoms with Gasteiger partial charge in [0.05, 0.1) is 23.7 Å². The molecule has 0 bridgehead atoms. The fraction of sp³-hybridized carbons (Fsp3) is 0.312. The number of para-hydroxylation sites is 1. The predicted molar refractivity (Wildman–Crippen MR) is 79.3 cm³/mol. The van der Waals surface area contributed by atoms with E-state index in [9.17, 15) is 9.59 Å². The molecule has 2 aromatic rings. The van der Waals surface area contributed by atoms with Crippen LogP contribution in [0.5, 0.6) is 0 Å². The first-order valence-corrected chi connectivity index (χ1v) is 7.13. The van der Waals surface area contributed by atoms with Crippen molar-refractivity contribution in [2.24, 2.45) is 11.8 Å². The summed E-state index contributed by atoms with van der Waals surface area (Å²) in [6.45, 7) is 0.425. The molecule has 22 heavy (non-hydrogen) atoms. The van der Waals surface area contributed by atoms with Crippen LogP contribution in [0, 0.1) is 11.8 Å². The number of hydrogen-bond donors (Lipinski definition) is 1. The van der Waals surface area contributed by atoms with Gasteiger partial charge in [0.1, 0.15) is 0 Å². The number of aromatic nitrogens is 2. The molecule has 1 aromatic heterocycles. The van der Waals surface area contributed by atoms with Crippen molar-refractivity contribution in [3.05, 3.63) is 48.3 Å². The average Bonchev–Trinajstić information content (AvgIpc) is 3.20. The molecule has 1 fully saturated rings. The smallest absolute Gasteiger partial charge is 0.307 e. The zero-order chi connectivity index (χ0) is 15.7. The standard InChI is InChI=1S/C16H17N3O3/c1-18(15(20)13-7-14(13)16(21)22)9-11-8-17-19(10-11)12-5-3-2-4-6-12/h2-6,8,10,13-14H,7,9H2,1H3,(H,21,22)/t13-,14+/m0/s1. The molecule has 0 spiro atoms. The first-order chi connectivity index (χ1) is 10.6. The van der Waals surface area contributed by atoms with Gasteiger partial charge >= 0.3 is 5.97 Å². The Bertz CT molecular complexity index is 696. The number of carbonyl (C=O) groups excluding carboxylic acids is 1. The van der Waals surface area contributed by atoms with E-state index < -0.39 is 11.9 Å². The van der Waals surface area contributed by atoms with E-state index in [1.807, 2.05) is 36.5 Å². The Hall–Kier alpha value is -2.63. The zero-order valence-electron chi connectivity index (χ0n) is 12.2. The molecule has 0 unspecified atom stereocenters. The van der Waals surface area contributed by atoms with E-state index in [0.29, 0.717) is 13.0 Å². The molecule has 0 saturated heterocycles. The molecule has 0 aliphatic heterocycles. The molecule has 1 aliphatic rings. The quantitative estimate of drug-likeness (QED) is 0.909. The maximum atomic E-state index is 12.1. The highest BCUT2D eigenvalue weighted by Gasteiger charge is 2.49. The molecule has 0 radical (unpaired) electrons. The molecule has 3 rings (SSSR count). The van der Waals surface area contributed by atoms with Crippen molar-refractivity contribution < 1.29 is 14.7 Å². The lowest BCUT2D eigenvalue weighted by Gasteiger charge is -2.15. The summed E-state index contributed by atoms with van der Waals surface area (Å²) in [5.41, 5.74) is 1.86. The summed E-state index contributed by atoms with van der Waals surface area (Å²) >= 11 is 0. The Morgan fingerprint density at radius 2 is 2.05 bits per heavy atom. The number of benzene rings is 1. The lowest BCUT2D eigenvalue weighted by atomic mass is 10.2. The zero-order valence-corrected chi connectivity index (χ0v) is 12.2. The second-order valence-electron chi connectivity index (χ2n) is 5.61. The minimum Gasteiger partial charge on any atom is -0.481 e. The summed E-state index contributed by atoms with van der Waals surface area (Å²) in [4.78, 5) is 24.5. The van der Waals surface area contributed by atoms with Crippen LogP contribution in [-0.2, 0) is 16.1 Å². The first kappa shape index (κ1) is 14.3. The second kappa shape index (κ2) is 5.63. The molecule has 6 nitrogen and oxygen atoms in total. The van der Waals surface area contributed by atoms with Gasteiger partial charge in [0.25, 0.3) is 0 Å². The summed E-state index contributed by atoms with van der Waals surface area (Å²) in [5, 5.41) is 13.2. The number of carbonyl (C=O) groups is 2. The average molecular weight is 299 g/mol. The molecule has 1 heterocycles. The van der Waals surface area contributed by atoms with Crippen LogP contribution in [0.1, 0.15) is 12.0 Å². The maximum Gasteiger partial charge on any atom is 0.307 e. The van der Waals surface area contributed by atoms with Crippen molar-refractivity contribution in [2.45, 2.75) is 13.0 Å². The first-order valence-electron chi connectivity index (χ1n) is 7.13. The fourth-order valence-electron chi connectivity index (χ4n) is 2.54. The van der Waals surface area contributed by atoms with Gasteiger partial charge in [-0.1, -0.05) is 18.2 Å². The summed E-state index contributed by atoms with van der Waals surface area (Å²) in [6, 6.07) is 9.71. The SMILES string of the molecule is CN(Cc1cnn(-c2ccccc2)c1)C(=O)[C@H]1C[C@H]1C(=O)O. The Morgan fingerprint density at radius 3 is 2.68 bits per heavy atom. The van der Waals surface area contributed by atoms with Crippen LogP contribution in [0.15, 0.2) is 42.7 Å². The van der Waals surface area contributed by atoms with Crippen LogP contribution in [-0.4, -0.2) is 38.7 Å². The van der Waals surface area contributed by atoms with Crippen molar-refractivity contribution in [3.8, 4) is 5.69 Å². The van der Waals surface area contributed by atoms with Crippen molar-refractivity contribution in [2.75, 3.05) is 7.05 Å². The number of nitrogens with zero attached hydrogens (tertiary/aromatic N) is 3. The normalized spacial score (nSPS) is 19.7. The van der Waals surface area contributed by atoms with Crippen LogP contribution in [0.3, 0.4) is 0 Å². The number of carboxylic acid groups (broad SMARTS) is 1. The van der Waals surface area contributed by atoms with Gasteiger partial charge in [0, 0.05) is 25.4 Å². The van der Waals surface area contributed by atoms with Gasteiger partial charge in [-0.25, -0.2) is 4.68 Å². The molecular formula is C16H17N3O3. The molecule has 1 aromatic carbocycles. The van der Waals surface area contributed by atoms with Crippen LogP contribution in [0.25, 0.3) is 5.69 Å². The Balaban J connectivity index is 1.63. The number of aliphatic carboxylic acids is 1. The van der Waals surface area contributed by atoms with Crippen LogP contribution >= 0.6 is 0 Å². The van der Waals surface area contributed by atoms with Gasteiger partial charge in [-0.3, -0.25) is 9.59 Å². The fourth-order valence-corrected chi connectivity index (χ4v) is 2.54. The highest BCUT2D eigenvalue weighted by molar-refractivity contribution is 5.89. The van der Waals surface area contributed by atoms with Crippen molar-refractivity contribution >= 4 is 11.9 Å². The predicted octanol–water partition coefficient (Wildman–Crippen LogP) is 1.55. The number of hydrogen-bond acceptors (Lipinski definition) is 3. The Kier molecular flexibility index (Phi) is 3.66. The molecule has 1 N–H and O–H groups in total. The molecule has 1 amide bonds. The van der Waals surface area contributed by atoms with E-state index in [0.717, 1.165) is 11.3 Å². The number of rotatable bonds is 5. The maximum absolute atomic E-state index is 12.1. The Labute approximate surface area is 128 Å². The minimum absolute atomic E-state index is 0.111. The van der Waals surface area contributed by atoms with E-state index >= 15 is 0 Å². The molecule has 1 aliphatic carbocycles. The Morgan fingerprint density at radius 1 is 1.32 bits per heavy atom. The highest BCUT2D eigenvalue weighted by atomic mass is 16.4. The van der Waals surface area contributed by atoms with Gasteiger partial charge in [-0.05, 0) is 18.6 Å². The van der Waals surface area contributed by atoms with Crippen molar-refractivity contribution in [1.82, 2.24) is 14.7 Å². The van der Waals surface area contributed by atoms with Gasteiger partial charge in [-0.15, -0.1) is 0 Å². The van der Waals surface area contributed by atoms with Gasteiger partial charge in [-0.2, -0.15) is 5.10 Å². The van der Waals surface area contributed by atoms with Crippen molar-refractivity contribution in [1.29, 1.82) is 0 Å². The van der Waals surface area contributed by atoms with E-state index in [4.69, 9.17) is 5.11 Å². The third-order valence-electron chi connectivity index (χ3n) is 3.88. The highest BCUT2D eigenvalue weighted by Crippen LogP contribution is 2.40. The molecule has 1 saturated carbocycles. The van der Waals surface area contributed by atoms with E-state index in [1.165, 1.54) is 0 Å². The van der Waals surface area contributed by atoms with Crippen LogP contribution in [0.4, 0.5) is 0 Å². The molecule has 6 heteroatoms. The summed E-state index contributed by atoms with van der Waals surface area (Å²) in [7, 11) is 1.69. The third kappa shape index (κ3) is 2.86. The summed E-state index contributed by atoms with van der Waals surface area (Å²) in [5.74, 6) is -1.88. The molecule has 2 atom stereocenters. The van der Waals surface area contributed by atoms with E-state index in [-0.39, 0.29) is 11.8 Å². The third-order valence-corrected chi connectivity index (χ3v) is 3.88. The van der Waals surface area contributed by atoms with Gasteiger partial charge in [0.15, 0.2) is 0 Å². The van der Waals surface area contributed by atoms with Gasteiger partial charge in [0.2, 0.25) is 5.91 Å². The minimum atomic E-state index is -0.886. The van der Waals surface area contributed by atoms with E-state index in [2.05, 4.69) is 5.10 Å². The topological polar surface area (TPSA) is 75.4 Å². The second-order valence-corrected chi connectivity index (χ2v) is 5.61. The lowest BCUT2D eigenvalue weighted by Crippen LogP contribution is -2.28. The van der Waals surface area contributed by atoms with Crippen molar-refractivity contribution in [3.63, 3.8) is 0 Å². The molecule has 114 valence electrons. The van der Waals surface area contributed by atoms with Crippen LogP contribution < -0.4 is 0 Å². The van der Waals surface area contributed by atoms with Crippen LogP contribution in [0.2, 0.25) is 0 Å².